The van der Waals surface area contributed by atoms with Crippen molar-refractivity contribution in [2.45, 2.75) is 71.4 Å². The maximum atomic E-state index is 11.0. The fourth-order valence-electron chi connectivity index (χ4n) is 2.20. The molecule has 0 saturated carbocycles. The van der Waals surface area contributed by atoms with Gasteiger partial charge in [0.05, 0.1) is 0 Å². The molecule has 1 heterocycles. The highest BCUT2D eigenvalue weighted by molar-refractivity contribution is 5.77. The van der Waals surface area contributed by atoms with E-state index in [4.69, 9.17) is 10.2 Å². The molecule has 1 aromatic rings. The SMILES string of the molecule is CCCCCCCCNc1nc(NC(C)C(=O)O)nc(NC(C)C(=O)O)n1. The fourth-order valence-corrected chi connectivity index (χ4v) is 2.20. The minimum atomic E-state index is -1.05. The Morgan fingerprint density at radius 2 is 1.26 bits per heavy atom. The average molecular weight is 382 g/mol. The molecule has 0 aliphatic rings. The first kappa shape index (κ1) is 22.4. The van der Waals surface area contributed by atoms with Gasteiger partial charge in [-0.15, -0.1) is 0 Å². The van der Waals surface area contributed by atoms with Crippen LogP contribution in [0.1, 0.15) is 59.3 Å². The number of aromatic nitrogens is 3. The number of unbranched alkanes of at least 4 members (excludes halogenated alkanes) is 5. The van der Waals surface area contributed by atoms with Crippen molar-refractivity contribution in [3.8, 4) is 0 Å². The van der Waals surface area contributed by atoms with E-state index in [-0.39, 0.29) is 17.8 Å². The predicted molar refractivity (Wildman–Crippen MR) is 103 cm³/mol. The van der Waals surface area contributed by atoms with E-state index in [0.717, 1.165) is 12.8 Å². The summed E-state index contributed by atoms with van der Waals surface area (Å²) in [6, 6.07) is -1.80. The summed E-state index contributed by atoms with van der Waals surface area (Å²) in [5.74, 6) is -1.72. The maximum Gasteiger partial charge on any atom is 0.325 e. The largest absolute Gasteiger partial charge is 0.480 e. The van der Waals surface area contributed by atoms with Gasteiger partial charge in [-0.05, 0) is 20.3 Å². The first-order valence-corrected chi connectivity index (χ1v) is 9.32. The maximum absolute atomic E-state index is 11.0. The zero-order valence-corrected chi connectivity index (χ0v) is 16.2. The summed E-state index contributed by atoms with van der Waals surface area (Å²) in [5, 5.41) is 26.4. The first-order valence-electron chi connectivity index (χ1n) is 9.32. The molecule has 0 fully saturated rings. The number of carboxylic acid groups (broad SMARTS) is 2. The Labute approximate surface area is 159 Å². The molecule has 0 radical (unpaired) electrons. The van der Waals surface area contributed by atoms with Crippen molar-refractivity contribution in [2.24, 2.45) is 0 Å². The van der Waals surface area contributed by atoms with Crippen LogP contribution in [0, 0.1) is 0 Å². The van der Waals surface area contributed by atoms with E-state index in [0.29, 0.717) is 6.54 Å². The third-order valence-corrected chi connectivity index (χ3v) is 3.88. The summed E-state index contributed by atoms with van der Waals surface area (Å²) in [7, 11) is 0. The van der Waals surface area contributed by atoms with Crippen molar-refractivity contribution in [2.75, 3.05) is 22.5 Å². The van der Waals surface area contributed by atoms with Gasteiger partial charge in [-0.25, -0.2) is 0 Å². The second-order valence-electron chi connectivity index (χ2n) is 6.41. The van der Waals surface area contributed by atoms with Gasteiger partial charge in [-0.3, -0.25) is 9.59 Å². The van der Waals surface area contributed by atoms with Crippen molar-refractivity contribution >= 4 is 29.8 Å². The van der Waals surface area contributed by atoms with Gasteiger partial charge < -0.3 is 26.2 Å². The lowest BCUT2D eigenvalue weighted by Gasteiger charge is -2.14. The Morgan fingerprint density at radius 1 is 0.815 bits per heavy atom. The summed E-state index contributed by atoms with van der Waals surface area (Å²) in [6.45, 7) is 5.76. The summed E-state index contributed by atoms with van der Waals surface area (Å²) < 4.78 is 0. The van der Waals surface area contributed by atoms with Gasteiger partial charge in [0, 0.05) is 6.54 Å². The van der Waals surface area contributed by atoms with Gasteiger partial charge in [0.25, 0.3) is 0 Å². The molecule has 0 bridgehead atoms. The number of carbonyl (C=O) groups is 2. The normalized spacial score (nSPS) is 12.9. The highest BCUT2D eigenvalue weighted by Crippen LogP contribution is 2.12. The molecule has 2 atom stereocenters. The molecular formula is C17H30N6O4. The van der Waals surface area contributed by atoms with Gasteiger partial charge in [-0.2, -0.15) is 15.0 Å². The number of carboxylic acids is 2. The number of nitrogens with one attached hydrogen (secondary N) is 3. The minimum absolute atomic E-state index is 0.0606. The third kappa shape index (κ3) is 9.02. The van der Waals surface area contributed by atoms with Crippen LogP contribution in [0.2, 0.25) is 0 Å². The van der Waals surface area contributed by atoms with E-state index in [2.05, 4.69) is 37.8 Å². The number of hydrogen-bond acceptors (Lipinski definition) is 8. The second kappa shape index (κ2) is 11.9. The molecule has 0 amide bonds. The second-order valence-corrected chi connectivity index (χ2v) is 6.41. The molecule has 0 spiro atoms. The van der Waals surface area contributed by atoms with Gasteiger partial charge >= 0.3 is 11.9 Å². The van der Waals surface area contributed by atoms with E-state index in [1.165, 1.54) is 39.5 Å². The molecule has 152 valence electrons. The number of hydrogen-bond donors (Lipinski definition) is 5. The number of aliphatic carboxylic acids is 2. The third-order valence-electron chi connectivity index (χ3n) is 3.88. The molecule has 0 aliphatic carbocycles. The first-order chi connectivity index (χ1) is 12.8. The van der Waals surface area contributed by atoms with Crippen molar-refractivity contribution in [1.82, 2.24) is 15.0 Å². The Hall–Kier alpha value is -2.65. The molecule has 0 saturated heterocycles. The Balaban J connectivity index is 2.72. The van der Waals surface area contributed by atoms with Crippen LogP contribution < -0.4 is 16.0 Å². The van der Waals surface area contributed by atoms with Gasteiger partial charge in [-0.1, -0.05) is 39.0 Å². The zero-order chi connectivity index (χ0) is 20.2. The lowest BCUT2D eigenvalue weighted by atomic mass is 10.1. The van der Waals surface area contributed by atoms with Gasteiger partial charge in [0.15, 0.2) is 0 Å². The Kier molecular flexibility index (Phi) is 9.84. The lowest BCUT2D eigenvalue weighted by Crippen LogP contribution is -2.29. The molecule has 1 rings (SSSR count). The van der Waals surface area contributed by atoms with Crippen LogP contribution in [0.15, 0.2) is 0 Å². The number of anilines is 3. The molecule has 5 N–H and O–H groups in total. The Morgan fingerprint density at radius 3 is 1.74 bits per heavy atom. The predicted octanol–water partition coefficient (Wildman–Crippen LogP) is 2.41. The molecule has 10 heteroatoms. The van der Waals surface area contributed by atoms with Crippen LogP contribution in [0.3, 0.4) is 0 Å². The Bertz CT molecular complexity index is 573. The number of nitrogens with zero attached hydrogens (tertiary/aromatic N) is 3. The average Bonchev–Trinajstić information content (AvgIpc) is 2.60. The van der Waals surface area contributed by atoms with E-state index in [1.807, 2.05) is 0 Å². The molecule has 10 nitrogen and oxygen atoms in total. The topological polar surface area (TPSA) is 149 Å². The molecule has 2 unspecified atom stereocenters. The van der Waals surface area contributed by atoms with E-state index >= 15 is 0 Å². The van der Waals surface area contributed by atoms with E-state index in [1.54, 1.807) is 0 Å². The van der Waals surface area contributed by atoms with Crippen LogP contribution >= 0.6 is 0 Å². The number of rotatable bonds is 14. The molecule has 27 heavy (non-hydrogen) atoms. The van der Waals surface area contributed by atoms with Crippen LogP contribution in [0.4, 0.5) is 17.8 Å². The minimum Gasteiger partial charge on any atom is -0.480 e. The summed E-state index contributed by atoms with van der Waals surface area (Å²) >= 11 is 0. The van der Waals surface area contributed by atoms with Gasteiger partial charge in [0.1, 0.15) is 12.1 Å². The highest BCUT2D eigenvalue weighted by atomic mass is 16.4. The van der Waals surface area contributed by atoms with Crippen LogP contribution in [-0.4, -0.2) is 55.7 Å². The van der Waals surface area contributed by atoms with Crippen molar-refractivity contribution in [1.29, 1.82) is 0 Å². The summed E-state index contributed by atoms with van der Waals surface area (Å²) in [5.41, 5.74) is 0. The van der Waals surface area contributed by atoms with Crippen molar-refractivity contribution in [3.63, 3.8) is 0 Å². The molecule has 0 aliphatic heterocycles. The molecular weight excluding hydrogens is 352 g/mol. The van der Waals surface area contributed by atoms with E-state index in [9.17, 15) is 9.59 Å². The smallest absolute Gasteiger partial charge is 0.325 e. The molecule has 1 aromatic heterocycles. The fraction of sp³-hybridized carbons (Fsp3) is 0.706. The zero-order valence-electron chi connectivity index (χ0n) is 16.2. The van der Waals surface area contributed by atoms with Crippen molar-refractivity contribution in [3.05, 3.63) is 0 Å². The van der Waals surface area contributed by atoms with Gasteiger partial charge in [0.2, 0.25) is 17.8 Å². The lowest BCUT2D eigenvalue weighted by molar-refractivity contribution is -0.138. The standard InChI is InChI=1S/C17H30N6O4/c1-4-5-6-7-8-9-10-18-15-21-16(19-11(2)13(24)25)23-17(22-15)20-12(3)14(26)27/h11-12H,4-10H2,1-3H3,(H,24,25)(H,26,27)(H3,18,19,20,21,22,23). The van der Waals surface area contributed by atoms with E-state index < -0.39 is 24.0 Å². The van der Waals surface area contributed by atoms with Crippen LogP contribution in [0.25, 0.3) is 0 Å². The molecule has 0 aromatic carbocycles. The summed E-state index contributed by atoms with van der Waals surface area (Å²) in [6.07, 6.45) is 6.91. The van der Waals surface area contributed by atoms with Crippen molar-refractivity contribution < 1.29 is 19.8 Å². The monoisotopic (exact) mass is 382 g/mol. The highest BCUT2D eigenvalue weighted by Gasteiger charge is 2.16. The van der Waals surface area contributed by atoms with Crippen LogP contribution in [0.5, 0.6) is 0 Å². The summed E-state index contributed by atoms with van der Waals surface area (Å²) in [4.78, 5) is 34.4. The van der Waals surface area contributed by atoms with Crippen LogP contribution in [-0.2, 0) is 9.59 Å². The quantitative estimate of drug-likeness (QED) is 0.303.